The molecule has 0 spiro atoms. The average molecular weight is 400 g/mol. The minimum absolute atomic E-state index is 0.00643. The number of benzene rings is 1. The molecule has 0 atom stereocenters. The van der Waals surface area contributed by atoms with Crippen LogP contribution in [0, 0.1) is 6.92 Å². The van der Waals surface area contributed by atoms with E-state index in [1.165, 1.54) is 11.3 Å². The lowest BCUT2D eigenvalue weighted by molar-refractivity contribution is -0.120. The number of imidazole rings is 1. The van der Waals surface area contributed by atoms with E-state index in [9.17, 15) is 4.79 Å². The topological polar surface area (TPSA) is 81.1 Å². The number of carbonyl (C=O) groups is 1. The zero-order valence-electron chi connectivity index (χ0n) is 16.4. The lowest BCUT2D eigenvalue weighted by Gasteiger charge is -2.11. The van der Waals surface area contributed by atoms with E-state index >= 15 is 0 Å². The van der Waals surface area contributed by atoms with Gasteiger partial charge >= 0.3 is 0 Å². The smallest absolute Gasteiger partial charge is 0.226 e. The second kappa shape index (κ2) is 9.36. The van der Waals surface area contributed by atoms with E-state index in [0.29, 0.717) is 13.0 Å². The van der Waals surface area contributed by atoms with Crippen LogP contribution in [0.25, 0.3) is 5.69 Å². The van der Waals surface area contributed by atoms with Gasteiger partial charge in [0.15, 0.2) is 5.13 Å². The number of hydrogen-bond acceptors (Lipinski definition) is 6. The third-order valence-corrected chi connectivity index (χ3v) is 4.97. The molecule has 0 aliphatic heterocycles. The van der Waals surface area contributed by atoms with Crippen LogP contribution >= 0.6 is 11.3 Å². The minimum atomic E-state index is 0.00643. The first-order chi connectivity index (χ1) is 13.6. The van der Waals surface area contributed by atoms with Crippen molar-refractivity contribution in [3.8, 4) is 11.4 Å². The van der Waals surface area contributed by atoms with Crippen molar-refractivity contribution >= 4 is 28.1 Å². The van der Waals surface area contributed by atoms with Crippen LogP contribution in [-0.2, 0) is 11.2 Å². The van der Waals surface area contributed by atoms with Crippen LogP contribution in [0.15, 0.2) is 36.1 Å². The van der Waals surface area contributed by atoms with Crippen LogP contribution in [0.5, 0.6) is 5.75 Å². The van der Waals surface area contributed by atoms with Gasteiger partial charge in [0.05, 0.1) is 36.9 Å². The largest absolute Gasteiger partial charge is 0.494 e. The molecule has 2 aromatic heterocycles. The highest BCUT2D eigenvalue weighted by Gasteiger charge is 2.10. The summed E-state index contributed by atoms with van der Waals surface area (Å²) in [5, 5.41) is 8.83. The molecule has 0 bridgehead atoms. The molecule has 1 amide bonds. The fraction of sp³-hybridized carbons (Fsp3) is 0.350. The van der Waals surface area contributed by atoms with Crippen molar-refractivity contribution < 1.29 is 9.53 Å². The summed E-state index contributed by atoms with van der Waals surface area (Å²) in [5.74, 6) is 0.737. The van der Waals surface area contributed by atoms with Crippen molar-refractivity contribution in [2.24, 2.45) is 0 Å². The molecular formula is C20H25N5O2S. The molecule has 0 saturated carbocycles. The third kappa shape index (κ3) is 5.10. The van der Waals surface area contributed by atoms with Gasteiger partial charge in [-0.15, -0.1) is 11.3 Å². The van der Waals surface area contributed by atoms with E-state index in [0.717, 1.165) is 46.5 Å². The van der Waals surface area contributed by atoms with E-state index in [1.807, 2.05) is 41.3 Å². The number of nitrogens with one attached hydrogen (secondary N) is 2. The van der Waals surface area contributed by atoms with Gasteiger partial charge < -0.3 is 19.9 Å². The average Bonchev–Trinajstić information content (AvgIpc) is 3.30. The van der Waals surface area contributed by atoms with Gasteiger partial charge in [0, 0.05) is 29.9 Å². The Morgan fingerprint density at radius 1 is 1.36 bits per heavy atom. The van der Waals surface area contributed by atoms with E-state index in [4.69, 9.17) is 4.74 Å². The number of anilines is 2. The first-order valence-corrected chi connectivity index (χ1v) is 10.1. The summed E-state index contributed by atoms with van der Waals surface area (Å²) < 4.78 is 7.46. The van der Waals surface area contributed by atoms with Crippen LogP contribution in [0.1, 0.15) is 31.2 Å². The van der Waals surface area contributed by atoms with Crippen LogP contribution in [0.2, 0.25) is 0 Å². The molecule has 2 N–H and O–H groups in total. The Morgan fingerprint density at radius 3 is 2.93 bits per heavy atom. The summed E-state index contributed by atoms with van der Waals surface area (Å²) in [6.45, 7) is 4.76. The quantitative estimate of drug-likeness (QED) is 0.534. The summed E-state index contributed by atoms with van der Waals surface area (Å²) in [6.07, 6.45) is 6.06. The SMILES string of the molecule is CCCCNC(=O)Cc1csc(Nc2ccc(-n3cnc(C)c3)c(OC)c2)n1. The van der Waals surface area contributed by atoms with Crippen molar-refractivity contribution in [1.29, 1.82) is 0 Å². The van der Waals surface area contributed by atoms with Gasteiger partial charge in [-0.3, -0.25) is 4.79 Å². The molecule has 7 nitrogen and oxygen atoms in total. The Morgan fingerprint density at radius 2 is 2.21 bits per heavy atom. The molecule has 0 aliphatic carbocycles. The molecule has 0 aliphatic rings. The Hall–Kier alpha value is -2.87. The normalized spacial score (nSPS) is 10.7. The number of carbonyl (C=O) groups excluding carboxylic acids is 1. The van der Waals surface area contributed by atoms with E-state index in [-0.39, 0.29) is 5.91 Å². The van der Waals surface area contributed by atoms with Gasteiger partial charge in [-0.1, -0.05) is 13.3 Å². The lowest BCUT2D eigenvalue weighted by atomic mass is 10.2. The third-order valence-electron chi connectivity index (χ3n) is 4.17. The molecule has 0 fully saturated rings. The highest BCUT2D eigenvalue weighted by molar-refractivity contribution is 7.13. The standard InChI is InChI=1S/C20H25N5O2S/c1-4-5-8-21-19(26)10-16-12-28-20(24-16)23-15-6-7-17(18(9-15)27-3)25-11-14(2)22-13-25/h6-7,9,11-13H,4-5,8,10H2,1-3H3,(H,21,26)(H,23,24). The van der Waals surface area contributed by atoms with Crippen molar-refractivity contribution in [2.75, 3.05) is 19.0 Å². The Balaban J connectivity index is 1.65. The van der Waals surface area contributed by atoms with Crippen molar-refractivity contribution in [1.82, 2.24) is 19.9 Å². The van der Waals surface area contributed by atoms with Crippen molar-refractivity contribution in [3.63, 3.8) is 0 Å². The summed E-state index contributed by atoms with van der Waals surface area (Å²) >= 11 is 1.47. The number of amides is 1. The molecule has 0 unspecified atom stereocenters. The van der Waals surface area contributed by atoms with Crippen molar-refractivity contribution in [3.05, 3.63) is 47.5 Å². The number of hydrogen-bond donors (Lipinski definition) is 2. The summed E-state index contributed by atoms with van der Waals surface area (Å²) in [4.78, 5) is 20.7. The molecule has 0 radical (unpaired) electrons. The maximum atomic E-state index is 11.9. The van der Waals surface area contributed by atoms with Crippen LogP contribution in [0.3, 0.4) is 0 Å². The van der Waals surface area contributed by atoms with Crippen molar-refractivity contribution in [2.45, 2.75) is 33.1 Å². The number of aryl methyl sites for hydroxylation is 1. The number of ether oxygens (including phenoxy) is 1. The van der Waals surface area contributed by atoms with Gasteiger partial charge in [-0.2, -0.15) is 0 Å². The molecule has 28 heavy (non-hydrogen) atoms. The molecule has 8 heteroatoms. The molecule has 148 valence electrons. The van der Waals surface area contributed by atoms with Crippen LogP contribution in [-0.4, -0.2) is 34.1 Å². The molecular weight excluding hydrogens is 374 g/mol. The fourth-order valence-corrected chi connectivity index (χ4v) is 3.45. The fourth-order valence-electron chi connectivity index (χ4n) is 2.72. The highest BCUT2D eigenvalue weighted by Crippen LogP contribution is 2.29. The summed E-state index contributed by atoms with van der Waals surface area (Å²) in [5.41, 5.74) is 3.49. The first-order valence-electron chi connectivity index (χ1n) is 9.26. The number of unbranched alkanes of at least 4 members (excludes halogenated alkanes) is 1. The zero-order valence-corrected chi connectivity index (χ0v) is 17.2. The second-order valence-corrected chi connectivity index (χ2v) is 7.32. The van der Waals surface area contributed by atoms with Gasteiger partial charge in [-0.05, 0) is 25.5 Å². The molecule has 3 rings (SSSR count). The number of nitrogens with zero attached hydrogens (tertiary/aromatic N) is 3. The molecule has 0 saturated heterocycles. The van der Waals surface area contributed by atoms with Gasteiger partial charge in [-0.25, -0.2) is 9.97 Å². The highest BCUT2D eigenvalue weighted by atomic mass is 32.1. The second-order valence-electron chi connectivity index (χ2n) is 6.46. The summed E-state index contributed by atoms with van der Waals surface area (Å²) in [7, 11) is 1.64. The Bertz CT molecular complexity index is 934. The predicted molar refractivity (Wildman–Crippen MR) is 112 cm³/mol. The van der Waals surface area contributed by atoms with E-state index in [1.54, 1.807) is 13.4 Å². The number of thiazole rings is 1. The Kier molecular flexibility index (Phi) is 6.65. The van der Waals surface area contributed by atoms with E-state index in [2.05, 4.69) is 27.5 Å². The maximum Gasteiger partial charge on any atom is 0.226 e. The number of methoxy groups -OCH3 is 1. The summed E-state index contributed by atoms with van der Waals surface area (Å²) in [6, 6.07) is 5.85. The van der Waals surface area contributed by atoms with Gasteiger partial charge in [0.2, 0.25) is 5.91 Å². The molecule has 1 aromatic carbocycles. The van der Waals surface area contributed by atoms with Crippen LogP contribution in [0.4, 0.5) is 10.8 Å². The van der Waals surface area contributed by atoms with Gasteiger partial charge in [0.1, 0.15) is 5.75 Å². The Labute approximate surface area is 168 Å². The van der Waals surface area contributed by atoms with Gasteiger partial charge in [0.25, 0.3) is 0 Å². The van der Waals surface area contributed by atoms with Crippen LogP contribution < -0.4 is 15.4 Å². The monoisotopic (exact) mass is 399 g/mol. The first kappa shape index (κ1) is 19.9. The van der Waals surface area contributed by atoms with E-state index < -0.39 is 0 Å². The predicted octanol–water partition coefficient (Wildman–Crippen LogP) is 3.85. The zero-order chi connectivity index (χ0) is 19.9. The molecule has 2 heterocycles. The molecule has 3 aromatic rings. The maximum absolute atomic E-state index is 11.9. The number of aromatic nitrogens is 3. The minimum Gasteiger partial charge on any atom is -0.494 e. The number of rotatable bonds is 9. The lowest BCUT2D eigenvalue weighted by Crippen LogP contribution is -2.26.